The third-order valence-electron chi connectivity index (χ3n) is 3.22. The molecular formula is C13H18N2O. The summed E-state index contributed by atoms with van der Waals surface area (Å²) in [5.41, 5.74) is 6.54. The van der Waals surface area contributed by atoms with E-state index in [0.717, 1.165) is 18.5 Å². The molecule has 0 spiro atoms. The molecule has 86 valence electrons. The molecule has 2 rings (SSSR count). The van der Waals surface area contributed by atoms with Crippen LogP contribution in [0, 0.1) is 0 Å². The van der Waals surface area contributed by atoms with Crippen LogP contribution < -0.4 is 11.1 Å². The first-order valence-electron chi connectivity index (χ1n) is 5.86. The van der Waals surface area contributed by atoms with E-state index in [0.29, 0.717) is 0 Å². The predicted molar refractivity (Wildman–Crippen MR) is 64.0 cm³/mol. The van der Waals surface area contributed by atoms with Gasteiger partial charge in [0.1, 0.15) is 0 Å². The molecule has 1 aromatic carbocycles. The van der Waals surface area contributed by atoms with Crippen LogP contribution in [0.2, 0.25) is 0 Å². The zero-order valence-corrected chi connectivity index (χ0v) is 9.36. The second-order valence-corrected chi connectivity index (χ2v) is 4.35. The number of primary amides is 1. The molecule has 0 saturated carbocycles. The number of nitrogens with two attached hydrogens (primary N) is 1. The van der Waals surface area contributed by atoms with E-state index < -0.39 is 0 Å². The van der Waals surface area contributed by atoms with Gasteiger partial charge in [0.05, 0.1) is 5.92 Å². The van der Waals surface area contributed by atoms with Crippen molar-refractivity contribution in [3.63, 3.8) is 0 Å². The minimum absolute atomic E-state index is 0.193. The highest BCUT2D eigenvalue weighted by molar-refractivity contribution is 5.82. The molecular weight excluding hydrogens is 200 g/mol. The summed E-state index contributed by atoms with van der Waals surface area (Å²) >= 11 is 0. The third kappa shape index (κ3) is 2.42. The molecule has 0 bridgehead atoms. The summed E-state index contributed by atoms with van der Waals surface area (Å²) in [6, 6.07) is 10.0. The number of hydrogen-bond donors (Lipinski definition) is 2. The first-order valence-corrected chi connectivity index (χ1v) is 5.86. The molecule has 3 N–H and O–H groups in total. The van der Waals surface area contributed by atoms with Crippen LogP contribution in [-0.2, 0) is 4.79 Å². The van der Waals surface area contributed by atoms with Crippen molar-refractivity contribution in [1.82, 2.24) is 5.32 Å². The smallest absolute Gasteiger partial charge is 0.226 e. The standard InChI is InChI=1S/C13H18N2O/c14-13(16)12(10-6-2-1-3-7-10)11-8-4-5-9-15-11/h1-3,6-7,11-12,15H,4-5,8-9H2,(H2,14,16)/t11?,12-/m0/s1. The van der Waals surface area contributed by atoms with Crippen LogP contribution in [-0.4, -0.2) is 18.5 Å². The van der Waals surface area contributed by atoms with Crippen molar-refractivity contribution >= 4 is 5.91 Å². The van der Waals surface area contributed by atoms with E-state index in [1.165, 1.54) is 12.8 Å². The molecule has 2 atom stereocenters. The van der Waals surface area contributed by atoms with Crippen molar-refractivity contribution in [3.05, 3.63) is 35.9 Å². The van der Waals surface area contributed by atoms with Gasteiger partial charge in [0, 0.05) is 6.04 Å². The van der Waals surface area contributed by atoms with Gasteiger partial charge in [-0.05, 0) is 24.9 Å². The van der Waals surface area contributed by atoms with Crippen molar-refractivity contribution in [1.29, 1.82) is 0 Å². The summed E-state index contributed by atoms with van der Waals surface area (Å²) in [6.07, 6.45) is 3.40. The van der Waals surface area contributed by atoms with Gasteiger partial charge in [-0.1, -0.05) is 36.8 Å². The zero-order chi connectivity index (χ0) is 11.4. The second kappa shape index (κ2) is 5.12. The first kappa shape index (κ1) is 11.1. The van der Waals surface area contributed by atoms with Crippen molar-refractivity contribution in [2.24, 2.45) is 5.73 Å². The van der Waals surface area contributed by atoms with E-state index in [1.807, 2.05) is 30.3 Å². The van der Waals surface area contributed by atoms with Crippen LogP contribution >= 0.6 is 0 Å². The summed E-state index contributed by atoms with van der Waals surface area (Å²) < 4.78 is 0. The van der Waals surface area contributed by atoms with Gasteiger partial charge in [0.2, 0.25) is 5.91 Å². The maximum Gasteiger partial charge on any atom is 0.226 e. The Hall–Kier alpha value is -1.35. The van der Waals surface area contributed by atoms with E-state index >= 15 is 0 Å². The number of nitrogens with one attached hydrogen (secondary N) is 1. The average Bonchev–Trinajstić information content (AvgIpc) is 2.31. The van der Waals surface area contributed by atoms with E-state index in [1.54, 1.807) is 0 Å². The van der Waals surface area contributed by atoms with Gasteiger partial charge in [-0.3, -0.25) is 4.79 Å². The lowest BCUT2D eigenvalue weighted by Gasteiger charge is -2.29. The van der Waals surface area contributed by atoms with Crippen LogP contribution in [0.5, 0.6) is 0 Å². The number of rotatable bonds is 3. The molecule has 1 aliphatic rings. The van der Waals surface area contributed by atoms with Crippen molar-refractivity contribution in [3.8, 4) is 0 Å². The largest absolute Gasteiger partial charge is 0.369 e. The Morgan fingerprint density at radius 3 is 2.62 bits per heavy atom. The number of piperidine rings is 1. The fourth-order valence-corrected chi connectivity index (χ4v) is 2.42. The van der Waals surface area contributed by atoms with Gasteiger partial charge in [-0.15, -0.1) is 0 Å². The van der Waals surface area contributed by atoms with Crippen LogP contribution in [0.15, 0.2) is 30.3 Å². The van der Waals surface area contributed by atoms with Gasteiger partial charge in [-0.25, -0.2) is 0 Å². The minimum atomic E-state index is -0.231. The Bertz CT molecular complexity index is 344. The second-order valence-electron chi connectivity index (χ2n) is 4.35. The van der Waals surface area contributed by atoms with Crippen molar-refractivity contribution in [2.75, 3.05) is 6.54 Å². The van der Waals surface area contributed by atoms with Crippen molar-refractivity contribution in [2.45, 2.75) is 31.2 Å². The fourth-order valence-electron chi connectivity index (χ4n) is 2.42. The van der Waals surface area contributed by atoms with E-state index in [-0.39, 0.29) is 17.9 Å². The Labute approximate surface area is 96.0 Å². The molecule has 0 radical (unpaired) electrons. The number of benzene rings is 1. The van der Waals surface area contributed by atoms with E-state index in [4.69, 9.17) is 5.73 Å². The molecule has 1 aromatic rings. The van der Waals surface area contributed by atoms with Gasteiger partial charge < -0.3 is 11.1 Å². The summed E-state index contributed by atoms with van der Waals surface area (Å²) in [5, 5.41) is 3.40. The Balaban J connectivity index is 2.20. The van der Waals surface area contributed by atoms with Crippen LogP contribution in [0.25, 0.3) is 0 Å². The summed E-state index contributed by atoms with van der Waals surface area (Å²) in [5.74, 6) is -0.424. The highest BCUT2D eigenvalue weighted by Crippen LogP contribution is 2.24. The zero-order valence-electron chi connectivity index (χ0n) is 9.36. The van der Waals surface area contributed by atoms with Crippen LogP contribution in [0.1, 0.15) is 30.7 Å². The number of hydrogen-bond acceptors (Lipinski definition) is 2. The Morgan fingerprint density at radius 1 is 1.31 bits per heavy atom. The van der Waals surface area contributed by atoms with Gasteiger partial charge in [0.25, 0.3) is 0 Å². The first-order chi connectivity index (χ1) is 7.79. The van der Waals surface area contributed by atoms with E-state index in [2.05, 4.69) is 5.32 Å². The van der Waals surface area contributed by atoms with Gasteiger partial charge in [-0.2, -0.15) is 0 Å². The molecule has 0 aromatic heterocycles. The number of carbonyl (C=O) groups excluding carboxylic acids is 1. The highest BCUT2D eigenvalue weighted by Gasteiger charge is 2.28. The normalized spacial score (nSPS) is 22.6. The van der Waals surface area contributed by atoms with Crippen LogP contribution in [0.3, 0.4) is 0 Å². The summed E-state index contributed by atoms with van der Waals surface area (Å²) in [4.78, 5) is 11.6. The average molecular weight is 218 g/mol. The lowest BCUT2D eigenvalue weighted by Crippen LogP contribution is -2.43. The summed E-state index contributed by atoms with van der Waals surface area (Å²) in [6.45, 7) is 0.987. The fraction of sp³-hybridized carbons (Fsp3) is 0.462. The molecule has 1 unspecified atom stereocenters. The van der Waals surface area contributed by atoms with E-state index in [9.17, 15) is 4.79 Å². The van der Waals surface area contributed by atoms with Crippen molar-refractivity contribution < 1.29 is 4.79 Å². The molecule has 1 saturated heterocycles. The molecule has 1 aliphatic heterocycles. The maximum absolute atomic E-state index is 11.6. The van der Waals surface area contributed by atoms with Gasteiger partial charge in [0.15, 0.2) is 0 Å². The summed E-state index contributed by atoms with van der Waals surface area (Å²) in [7, 11) is 0. The SMILES string of the molecule is NC(=O)[C@@H](c1ccccc1)C1CCCCN1. The Kier molecular flexibility index (Phi) is 3.57. The third-order valence-corrected chi connectivity index (χ3v) is 3.22. The molecule has 0 aliphatic carbocycles. The Morgan fingerprint density at radius 2 is 2.06 bits per heavy atom. The highest BCUT2D eigenvalue weighted by atomic mass is 16.1. The monoisotopic (exact) mass is 218 g/mol. The maximum atomic E-state index is 11.6. The molecule has 16 heavy (non-hydrogen) atoms. The number of carbonyl (C=O) groups is 1. The molecule has 3 nitrogen and oxygen atoms in total. The van der Waals surface area contributed by atoms with Gasteiger partial charge >= 0.3 is 0 Å². The van der Waals surface area contributed by atoms with Crippen LogP contribution in [0.4, 0.5) is 0 Å². The molecule has 3 heteroatoms. The lowest BCUT2D eigenvalue weighted by molar-refractivity contribution is -0.120. The molecule has 1 fully saturated rings. The quantitative estimate of drug-likeness (QED) is 0.805. The molecule has 1 amide bonds. The lowest BCUT2D eigenvalue weighted by atomic mass is 9.86. The molecule has 1 heterocycles. The number of amides is 1. The predicted octanol–water partition coefficient (Wildman–Crippen LogP) is 1.40. The topological polar surface area (TPSA) is 55.1 Å². The minimum Gasteiger partial charge on any atom is -0.369 e.